The van der Waals surface area contributed by atoms with Crippen molar-refractivity contribution in [2.75, 3.05) is 10.2 Å². The van der Waals surface area contributed by atoms with Crippen molar-refractivity contribution in [3.05, 3.63) is 60.2 Å². The Hall–Kier alpha value is -3.13. The number of carbonyl (C=O) groups excluding carboxylic acids is 3. The van der Waals surface area contributed by atoms with E-state index in [0.717, 1.165) is 16.7 Å². The summed E-state index contributed by atoms with van der Waals surface area (Å²) >= 11 is 0.786. The zero-order valence-corrected chi connectivity index (χ0v) is 14.2. The van der Waals surface area contributed by atoms with Crippen LogP contribution in [0.3, 0.4) is 0 Å². The summed E-state index contributed by atoms with van der Waals surface area (Å²) in [7, 11) is 0. The largest absolute Gasteiger partial charge is 0.478 e. The number of thioether (sulfide) groups is 1. The first-order chi connectivity index (χ1) is 12.5. The van der Waals surface area contributed by atoms with E-state index in [1.54, 1.807) is 42.5 Å². The zero-order chi connectivity index (χ0) is 18.7. The van der Waals surface area contributed by atoms with Gasteiger partial charge in [-0.1, -0.05) is 30.3 Å². The highest BCUT2D eigenvalue weighted by Crippen LogP contribution is 2.33. The van der Waals surface area contributed by atoms with Crippen LogP contribution in [0.25, 0.3) is 0 Å². The van der Waals surface area contributed by atoms with Crippen LogP contribution < -0.4 is 10.2 Å². The van der Waals surface area contributed by atoms with Gasteiger partial charge in [0.1, 0.15) is 5.25 Å². The van der Waals surface area contributed by atoms with Crippen molar-refractivity contribution >= 4 is 46.2 Å². The number of anilines is 2. The fourth-order valence-electron chi connectivity index (χ4n) is 2.55. The lowest BCUT2D eigenvalue weighted by Gasteiger charge is -2.13. The third kappa shape index (κ3) is 3.60. The molecule has 7 nitrogen and oxygen atoms in total. The first kappa shape index (κ1) is 17.7. The molecule has 1 fully saturated rings. The Kier molecular flexibility index (Phi) is 5.04. The van der Waals surface area contributed by atoms with Gasteiger partial charge in [-0.25, -0.2) is 9.69 Å². The molecule has 1 heterocycles. The lowest BCUT2D eigenvalue weighted by molar-refractivity contribution is -0.121. The van der Waals surface area contributed by atoms with Crippen LogP contribution in [-0.4, -0.2) is 33.4 Å². The number of hydrogen-bond acceptors (Lipinski definition) is 5. The molecule has 0 aliphatic carbocycles. The second-order valence-corrected chi connectivity index (χ2v) is 6.64. The highest BCUT2D eigenvalue weighted by Gasteiger charge is 2.41. The summed E-state index contributed by atoms with van der Waals surface area (Å²) in [5, 5.41) is 10.3. The lowest BCUT2D eigenvalue weighted by Crippen LogP contribution is -2.33. The SMILES string of the molecule is O=C(C[C@H]1SC(=O)N(c2ccccc2)C1=O)Nc1ccccc1C(=O)O. The standard InChI is InChI=1S/C18H14N2O5S/c21-15(19-13-9-5-4-8-12(13)17(23)24)10-14-16(22)20(18(25)26-14)11-6-2-1-3-7-11/h1-9,14H,10H2,(H,19,21)(H,23,24)/t14-/m1/s1. The summed E-state index contributed by atoms with van der Waals surface area (Å²) < 4.78 is 0. The Balaban J connectivity index is 1.70. The number of imide groups is 1. The summed E-state index contributed by atoms with van der Waals surface area (Å²) in [5.41, 5.74) is 0.550. The molecule has 132 valence electrons. The normalized spacial score (nSPS) is 16.6. The summed E-state index contributed by atoms with van der Waals surface area (Å²) in [6, 6.07) is 14.5. The topological polar surface area (TPSA) is 104 Å². The minimum absolute atomic E-state index is 0.0479. The molecule has 0 saturated carbocycles. The van der Waals surface area contributed by atoms with E-state index in [9.17, 15) is 19.2 Å². The number of para-hydroxylation sites is 2. The van der Waals surface area contributed by atoms with Gasteiger partial charge in [-0.15, -0.1) is 0 Å². The van der Waals surface area contributed by atoms with Crippen LogP contribution in [0.5, 0.6) is 0 Å². The maximum atomic E-state index is 12.5. The molecule has 26 heavy (non-hydrogen) atoms. The molecule has 1 aliphatic heterocycles. The third-order valence-corrected chi connectivity index (χ3v) is 4.78. The van der Waals surface area contributed by atoms with Gasteiger partial charge < -0.3 is 10.4 Å². The molecule has 1 aliphatic rings. The number of carboxylic acid groups (broad SMARTS) is 1. The Morgan fingerprint density at radius 3 is 2.38 bits per heavy atom. The van der Waals surface area contributed by atoms with Crippen LogP contribution >= 0.6 is 11.8 Å². The number of aromatic carboxylic acids is 1. The number of nitrogens with one attached hydrogen (secondary N) is 1. The van der Waals surface area contributed by atoms with E-state index in [1.165, 1.54) is 12.1 Å². The number of amides is 3. The maximum Gasteiger partial charge on any atom is 0.337 e. The Morgan fingerprint density at radius 2 is 1.69 bits per heavy atom. The third-order valence-electron chi connectivity index (χ3n) is 3.74. The average Bonchev–Trinajstić information content (AvgIpc) is 2.89. The summed E-state index contributed by atoms with van der Waals surface area (Å²) in [4.78, 5) is 49.1. The Labute approximate surface area is 153 Å². The zero-order valence-electron chi connectivity index (χ0n) is 13.4. The van der Waals surface area contributed by atoms with E-state index in [4.69, 9.17) is 5.11 Å². The molecule has 3 amide bonds. The predicted octanol–water partition coefficient (Wildman–Crippen LogP) is 2.98. The Morgan fingerprint density at radius 1 is 1.04 bits per heavy atom. The van der Waals surface area contributed by atoms with E-state index >= 15 is 0 Å². The highest BCUT2D eigenvalue weighted by atomic mass is 32.2. The van der Waals surface area contributed by atoms with E-state index in [0.29, 0.717) is 5.69 Å². The van der Waals surface area contributed by atoms with Crippen molar-refractivity contribution < 1.29 is 24.3 Å². The van der Waals surface area contributed by atoms with Gasteiger partial charge in [-0.05, 0) is 36.0 Å². The fraction of sp³-hybridized carbons (Fsp3) is 0.111. The average molecular weight is 370 g/mol. The quantitative estimate of drug-likeness (QED) is 0.839. The van der Waals surface area contributed by atoms with Gasteiger partial charge in [0.25, 0.3) is 5.24 Å². The van der Waals surface area contributed by atoms with E-state index < -0.39 is 28.3 Å². The Bertz CT molecular complexity index is 884. The summed E-state index contributed by atoms with van der Waals surface area (Å²) in [5.74, 6) is -2.17. The number of nitrogens with zero attached hydrogens (tertiary/aromatic N) is 1. The number of carbonyl (C=O) groups is 4. The predicted molar refractivity (Wildman–Crippen MR) is 97.4 cm³/mol. The molecule has 0 bridgehead atoms. The van der Waals surface area contributed by atoms with Crippen LogP contribution in [0.15, 0.2) is 54.6 Å². The molecule has 0 spiro atoms. The van der Waals surface area contributed by atoms with Crippen molar-refractivity contribution in [3.8, 4) is 0 Å². The van der Waals surface area contributed by atoms with Crippen LogP contribution in [0.2, 0.25) is 0 Å². The fourth-order valence-corrected chi connectivity index (χ4v) is 3.53. The molecule has 2 aromatic rings. The van der Waals surface area contributed by atoms with Crippen molar-refractivity contribution in [1.29, 1.82) is 0 Å². The van der Waals surface area contributed by atoms with Crippen LogP contribution in [0.4, 0.5) is 16.2 Å². The number of carboxylic acids is 1. The molecule has 0 aromatic heterocycles. The molecule has 1 saturated heterocycles. The van der Waals surface area contributed by atoms with Crippen molar-refractivity contribution in [3.63, 3.8) is 0 Å². The first-order valence-corrected chi connectivity index (χ1v) is 8.57. The lowest BCUT2D eigenvalue weighted by atomic mass is 10.1. The monoisotopic (exact) mass is 370 g/mol. The van der Waals surface area contributed by atoms with E-state index in [2.05, 4.69) is 5.32 Å². The van der Waals surface area contributed by atoms with Gasteiger partial charge in [0.05, 0.1) is 16.9 Å². The summed E-state index contributed by atoms with van der Waals surface area (Å²) in [6.45, 7) is 0. The minimum atomic E-state index is -1.17. The second-order valence-electron chi connectivity index (χ2n) is 5.48. The van der Waals surface area contributed by atoms with Crippen LogP contribution in [0.1, 0.15) is 16.8 Å². The molecule has 0 unspecified atom stereocenters. The first-order valence-electron chi connectivity index (χ1n) is 7.69. The molecule has 3 rings (SSSR count). The molecular formula is C18H14N2O5S. The van der Waals surface area contributed by atoms with Crippen LogP contribution in [0, 0.1) is 0 Å². The van der Waals surface area contributed by atoms with Gasteiger partial charge in [-0.2, -0.15) is 0 Å². The van der Waals surface area contributed by atoms with Crippen molar-refractivity contribution in [2.24, 2.45) is 0 Å². The molecule has 2 N–H and O–H groups in total. The van der Waals surface area contributed by atoms with Gasteiger partial charge >= 0.3 is 5.97 Å². The number of rotatable bonds is 5. The van der Waals surface area contributed by atoms with Crippen molar-refractivity contribution in [1.82, 2.24) is 0 Å². The highest BCUT2D eigenvalue weighted by molar-refractivity contribution is 8.15. The van der Waals surface area contributed by atoms with Crippen LogP contribution in [-0.2, 0) is 9.59 Å². The minimum Gasteiger partial charge on any atom is -0.478 e. The molecule has 8 heteroatoms. The molecule has 0 radical (unpaired) electrons. The van der Waals surface area contributed by atoms with Gasteiger partial charge in [0, 0.05) is 6.42 Å². The van der Waals surface area contributed by atoms with E-state index in [1.807, 2.05) is 0 Å². The second kappa shape index (κ2) is 7.40. The smallest absolute Gasteiger partial charge is 0.337 e. The van der Waals surface area contributed by atoms with Gasteiger partial charge in [0.2, 0.25) is 11.8 Å². The molecule has 2 aromatic carbocycles. The molecular weight excluding hydrogens is 356 g/mol. The van der Waals surface area contributed by atoms with E-state index in [-0.39, 0.29) is 17.7 Å². The van der Waals surface area contributed by atoms with Gasteiger partial charge in [0.15, 0.2) is 0 Å². The van der Waals surface area contributed by atoms with Crippen molar-refractivity contribution in [2.45, 2.75) is 11.7 Å². The molecule has 1 atom stereocenters. The number of hydrogen-bond donors (Lipinski definition) is 2. The van der Waals surface area contributed by atoms with Gasteiger partial charge in [-0.3, -0.25) is 14.4 Å². The number of benzene rings is 2. The maximum absolute atomic E-state index is 12.5. The summed E-state index contributed by atoms with van der Waals surface area (Å²) in [6.07, 6.45) is -0.230.